The van der Waals surface area contributed by atoms with E-state index >= 15 is 0 Å². The lowest BCUT2D eigenvalue weighted by Gasteiger charge is -2.34. The Morgan fingerprint density at radius 2 is 1.33 bits per heavy atom. The molecular weight excluding hydrogens is 514 g/mol. The van der Waals surface area contributed by atoms with Crippen LogP contribution in [0.2, 0.25) is 0 Å². The topological polar surface area (TPSA) is 36.9 Å². The van der Waals surface area contributed by atoms with Gasteiger partial charge in [0.25, 0.3) is 0 Å². The van der Waals surface area contributed by atoms with Crippen molar-refractivity contribution >= 4 is 38.6 Å². The quantitative estimate of drug-likeness (QED) is 0.226. The Morgan fingerprint density at radius 3 is 2.10 bits per heavy atom. The summed E-state index contributed by atoms with van der Waals surface area (Å²) in [5, 5.41) is 8.21. The van der Waals surface area contributed by atoms with Gasteiger partial charge in [-0.2, -0.15) is 0 Å². The summed E-state index contributed by atoms with van der Waals surface area (Å²) in [6.07, 6.45) is 1.83. The fourth-order valence-electron chi connectivity index (χ4n) is 6.18. The minimum absolute atomic E-state index is 0.164. The summed E-state index contributed by atoms with van der Waals surface area (Å²) >= 11 is 0. The zero-order chi connectivity index (χ0) is 28.0. The fraction of sp³-hybridized carbons (Fsp3) is 0.0789. The summed E-state index contributed by atoms with van der Waals surface area (Å²) in [6, 6.07) is 46.8. The Balaban J connectivity index is 1.23. The van der Waals surface area contributed by atoms with Crippen molar-refractivity contribution in [1.82, 2.24) is 4.90 Å². The second-order valence-electron chi connectivity index (χ2n) is 10.9. The highest BCUT2D eigenvalue weighted by Crippen LogP contribution is 2.46. The summed E-state index contributed by atoms with van der Waals surface area (Å²) in [4.78, 5) is 7.56. The van der Waals surface area contributed by atoms with Gasteiger partial charge >= 0.3 is 0 Å². The van der Waals surface area contributed by atoms with Gasteiger partial charge < -0.3 is 15.0 Å². The van der Waals surface area contributed by atoms with E-state index in [-0.39, 0.29) is 12.4 Å². The normalized spacial score (nSPS) is 17.8. The minimum atomic E-state index is -0.203. The molecule has 0 aromatic heterocycles. The Hall–Kier alpha value is -5.35. The number of aliphatic imine (C=N–C) groups is 1. The van der Waals surface area contributed by atoms with E-state index in [0.29, 0.717) is 0 Å². The maximum Gasteiger partial charge on any atom is 0.196 e. The highest BCUT2D eigenvalue weighted by molar-refractivity contribution is 6.14. The molecule has 0 amide bonds. The fourth-order valence-corrected chi connectivity index (χ4v) is 6.18. The first kappa shape index (κ1) is 24.4. The molecule has 4 heteroatoms. The van der Waals surface area contributed by atoms with Gasteiger partial charge in [-0.15, -0.1) is 0 Å². The first-order valence-corrected chi connectivity index (χ1v) is 14.3. The molecule has 2 heterocycles. The highest BCUT2D eigenvalue weighted by atomic mass is 16.5. The number of allylic oxidation sites excluding steroid dienone is 1. The molecule has 6 aromatic rings. The molecule has 42 heavy (non-hydrogen) atoms. The third kappa shape index (κ3) is 4.11. The van der Waals surface area contributed by atoms with Crippen LogP contribution in [0.3, 0.4) is 0 Å². The maximum atomic E-state index is 6.56. The number of nitrogens with zero attached hydrogens (tertiary/aromatic N) is 2. The number of rotatable bonds is 4. The van der Waals surface area contributed by atoms with Gasteiger partial charge in [-0.25, -0.2) is 0 Å². The number of benzene rings is 6. The van der Waals surface area contributed by atoms with Crippen molar-refractivity contribution in [3.05, 3.63) is 162 Å². The van der Waals surface area contributed by atoms with Gasteiger partial charge in [-0.05, 0) is 51.1 Å². The molecule has 0 aliphatic carbocycles. The van der Waals surface area contributed by atoms with E-state index in [1.165, 1.54) is 16.3 Å². The van der Waals surface area contributed by atoms with Crippen molar-refractivity contribution in [1.29, 1.82) is 0 Å². The van der Waals surface area contributed by atoms with Crippen LogP contribution in [0.1, 0.15) is 34.6 Å². The highest BCUT2D eigenvalue weighted by Gasteiger charge is 2.28. The second-order valence-corrected chi connectivity index (χ2v) is 10.9. The minimum Gasteiger partial charge on any atom is -0.464 e. The average Bonchev–Trinajstić information content (AvgIpc) is 3.50. The van der Waals surface area contributed by atoms with Gasteiger partial charge in [0, 0.05) is 23.7 Å². The van der Waals surface area contributed by atoms with E-state index in [1.54, 1.807) is 0 Å². The van der Waals surface area contributed by atoms with Gasteiger partial charge in [-0.3, -0.25) is 4.99 Å². The van der Waals surface area contributed by atoms with Crippen LogP contribution in [-0.4, -0.2) is 17.7 Å². The van der Waals surface area contributed by atoms with Crippen LogP contribution in [0.5, 0.6) is 5.75 Å². The van der Waals surface area contributed by atoms with E-state index in [9.17, 15) is 0 Å². The van der Waals surface area contributed by atoms with Gasteiger partial charge in [0.15, 0.2) is 12.0 Å². The molecule has 0 fully saturated rings. The van der Waals surface area contributed by atoms with Crippen molar-refractivity contribution in [2.75, 3.05) is 12.4 Å². The van der Waals surface area contributed by atoms with E-state index < -0.39 is 0 Å². The molecule has 0 saturated carbocycles. The molecule has 2 unspecified atom stereocenters. The van der Waals surface area contributed by atoms with Crippen molar-refractivity contribution in [2.24, 2.45) is 4.99 Å². The zero-order valence-corrected chi connectivity index (χ0v) is 23.2. The molecule has 2 aliphatic rings. The Kier molecular flexibility index (Phi) is 5.78. The Labute approximate surface area is 245 Å². The van der Waals surface area contributed by atoms with Gasteiger partial charge in [0.2, 0.25) is 0 Å². The van der Waals surface area contributed by atoms with Crippen LogP contribution in [0.4, 0.5) is 5.69 Å². The molecule has 0 bridgehead atoms. The van der Waals surface area contributed by atoms with E-state index in [2.05, 4.69) is 133 Å². The number of hydrogen-bond acceptors (Lipinski definition) is 4. The first-order chi connectivity index (χ1) is 20.7. The second kappa shape index (κ2) is 9.93. The molecule has 1 N–H and O–H groups in total. The lowest BCUT2D eigenvalue weighted by atomic mass is 9.96. The number of ether oxygens (including phenoxy) is 1. The molecule has 2 atom stereocenters. The predicted molar refractivity (Wildman–Crippen MR) is 173 cm³/mol. The molecule has 4 nitrogen and oxygen atoms in total. The summed E-state index contributed by atoms with van der Waals surface area (Å²) in [5.74, 6) is 0.910. The van der Waals surface area contributed by atoms with Crippen LogP contribution in [0.25, 0.3) is 27.2 Å². The number of hydrogen-bond donors (Lipinski definition) is 1. The maximum absolute atomic E-state index is 6.56. The summed E-state index contributed by atoms with van der Waals surface area (Å²) in [6.45, 7) is 0. The number of anilines is 1. The predicted octanol–water partition coefficient (Wildman–Crippen LogP) is 8.97. The molecule has 0 saturated heterocycles. The number of nitrogens with one attached hydrogen (secondary N) is 1. The van der Waals surface area contributed by atoms with Gasteiger partial charge in [-0.1, -0.05) is 121 Å². The molecule has 2 aliphatic heterocycles. The largest absolute Gasteiger partial charge is 0.464 e. The first-order valence-electron chi connectivity index (χ1n) is 14.3. The third-order valence-corrected chi connectivity index (χ3v) is 8.32. The number of fused-ring (bicyclic) bond motifs is 5. The van der Waals surface area contributed by atoms with Crippen molar-refractivity contribution in [2.45, 2.75) is 12.4 Å². The monoisotopic (exact) mass is 543 g/mol. The lowest BCUT2D eigenvalue weighted by Crippen LogP contribution is -2.27. The standard InChI is InChI=1S/C38H29N3O/c1-41-34(26-13-7-3-8-14-26)24-33(25-11-5-2-6-12-25)39-37(41)30-19-21-31-29(23-30)18-17-27-20-22-32-36(35(27)31)42-38(40-32)28-15-9-4-10-16-28/h2-24,37-38,40H,1H3. The smallest absolute Gasteiger partial charge is 0.196 e. The summed E-state index contributed by atoms with van der Waals surface area (Å²) in [7, 11) is 2.13. The average molecular weight is 544 g/mol. The summed E-state index contributed by atoms with van der Waals surface area (Å²) < 4.78 is 6.56. The summed E-state index contributed by atoms with van der Waals surface area (Å²) in [5.41, 5.74) is 7.71. The molecular formula is C38H29N3O. The molecule has 8 rings (SSSR count). The van der Waals surface area contributed by atoms with Crippen LogP contribution >= 0.6 is 0 Å². The van der Waals surface area contributed by atoms with E-state index in [0.717, 1.165) is 50.3 Å². The van der Waals surface area contributed by atoms with Crippen LogP contribution < -0.4 is 10.1 Å². The van der Waals surface area contributed by atoms with Crippen molar-refractivity contribution in [3.8, 4) is 5.75 Å². The Morgan fingerprint density at radius 1 is 0.667 bits per heavy atom. The Bertz CT molecular complexity index is 2000. The van der Waals surface area contributed by atoms with Crippen LogP contribution in [-0.2, 0) is 0 Å². The lowest BCUT2D eigenvalue weighted by molar-refractivity contribution is 0.263. The van der Waals surface area contributed by atoms with Gasteiger partial charge in [0.05, 0.1) is 11.4 Å². The van der Waals surface area contributed by atoms with E-state index in [1.807, 2.05) is 24.3 Å². The van der Waals surface area contributed by atoms with E-state index in [4.69, 9.17) is 9.73 Å². The molecule has 0 spiro atoms. The van der Waals surface area contributed by atoms with Crippen LogP contribution in [0.15, 0.2) is 145 Å². The molecule has 6 aromatic carbocycles. The third-order valence-electron chi connectivity index (χ3n) is 8.32. The molecule has 0 radical (unpaired) electrons. The van der Waals surface area contributed by atoms with Crippen LogP contribution in [0, 0.1) is 0 Å². The van der Waals surface area contributed by atoms with Gasteiger partial charge in [0.1, 0.15) is 6.17 Å². The SMILES string of the molecule is CN1C(c2ccccc2)=CC(c2ccccc2)=NC1c1ccc2c(ccc3ccc4c(c32)OC(c2ccccc2)N4)c1. The zero-order valence-electron chi connectivity index (χ0n) is 23.2. The van der Waals surface area contributed by atoms with Crippen molar-refractivity contribution < 1.29 is 4.74 Å². The molecule has 202 valence electrons. The van der Waals surface area contributed by atoms with Crippen molar-refractivity contribution in [3.63, 3.8) is 0 Å².